The first-order valence-electron chi connectivity index (χ1n) is 18.7. The summed E-state index contributed by atoms with van der Waals surface area (Å²) in [5.74, 6) is -1.22. The number of nitrogens with one attached hydrogen (secondary N) is 4. The number of H-pyrrole nitrogens is 2. The Morgan fingerprint density at radius 3 is 2.00 bits per heavy atom. The Hall–Kier alpha value is -5.56. The number of carbonyl (C=O) groups is 3. The summed E-state index contributed by atoms with van der Waals surface area (Å²) in [5, 5.41) is 17.9. The lowest BCUT2D eigenvalue weighted by Crippen LogP contribution is -2.45. The van der Waals surface area contributed by atoms with Gasteiger partial charge in [-0.05, 0) is 78.7 Å². The van der Waals surface area contributed by atoms with E-state index in [0.717, 1.165) is 38.5 Å². The predicted molar refractivity (Wildman–Crippen MR) is 215 cm³/mol. The third kappa shape index (κ3) is 6.64. The van der Waals surface area contributed by atoms with Crippen molar-refractivity contribution in [3.63, 3.8) is 0 Å². The Kier molecular flexibility index (Phi) is 9.44. The van der Waals surface area contributed by atoms with E-state index in [0.29, 0.717) is 22.6 Å². The van der Waals surface area contributed by atoms with Gasteiger partial charge in [0.15, 0.2) is 5.60 Å². The second kappa shape index (κ2) is 14.3. The van der Waals surface area contributed by atoms with E-state index in [1.165, 1.54) is 0 Å². The van der Waals surface area contributed by atoms with Crippen LogP contribution >= 0.6 is 0 Å². The molecule has 4 heterocycles. The number of rotatable bonds is 11. The fraction of sp³-hybridized carbons (Fsp3) is 0.279. The Bertz CT molecular complexity index is 2420. The van der Waals surface area contributed by atoms with E-state index in [2.05, 4.69) is 20.6 Å². The highest BCUT2D eigenvalue weighted by Gasteiger charge is 2.66. The molecule has 0 saturated carbocycles. The Morgan fingerprint density at radius 2 is 1.42 bits per heavy atom. The van der Waals surface area contributed by atoms with Crippen molar-refractivity contribution in [1.82, 2.24) is 9.97 Å². The number of hydrogen-bond acceptors (Lipinski definition) is 5. The molecule has 3 amide bonds. The average molecular weight is 758 g/mol. The second-order valence-electron chi connectivity index (χ2n) is 15.3. The van der Waals surface area contributed by atoms with Crippen LogP contribution in [-0.2, 0) is 44.1 Å². The summed E-state index contributed by atoms with van der Waals surface area (Å²) in [7, 11) is -3.40. The molecule has 6 aromatic rings. The van der Waals surface area contributed by atoms with E-state index in [1.807, 2.05) is 98.2 Å². The van der Waals surface area contributed by atoms with Crippen LogP contribution in [0.1, 0.15) is 35.6 Å². The summed E-state index contributed by atoms with van der Waals surface area (Å²) in [6.45, 7) is 5.12. The molecule has 8 rings (SSSR count). The minimum absolute atomic E-state index is 0.145. The second-order valence-corrected chi connectivity index (χ2v) is 19.1. The minimum atomic E-state index is -3.40. The first-order chi connectivity index (χ1) is 26.5. The van der Waals surface area contributed by atoms with Gasteiger partial charge in [-0.2, -0.15) is 0 Å². The van der Waals surface area contributed by atoms with Gasteiger partial charge in [0.05, 0.1) is 31.2 Å². The summed E-state index contributed by atoms with van der Waals surface area (Å²) in [6, 6.07) is 28.4. The lowest BCUT2D eigenvalue weighted by atomic mass is 9.82. The molecule has 1 saturated heterocycles. The van der Waals surface area contributed by atoms with Crippen molar-refractivity contribution in [2.45, 2.75) is 63.1 Å². The van der Waals surface area contributed by atoms with Gasteiger partial charge in [0.2, 0.25) is 20.2 Å². The number of halogens is 1. The third-order valence-electron chi connectivity index (χ3n) is 11.3. The molecule has 12 heteroatoms. The van der Waals surface area contributed by atoms with Gasteiger partial charge in [-0.3, -0.25) is 14.4 Å². The number of fused-ring (bicyclic) bond motifs is 4. The zero-order chi connectivity index (χ0) is 38.5. The van der Waals surface area contributed by atoms with Crippen molar-refractivity contribution in [1.29, 1.82) is 0 Å². The number of nitrogens with zero attached hydrogens (tertiary/aromatic N) is 1. The fourth-order valence-electron chi connectivity index (χ4n) is 8.87. The highest BCUT2D eigenvalue weighted by Crippen LogP contribution is 2.60. The molecule has 4 aromatic carbocycles. The number of aromatic nitrogens is 2. The molecule has 55 heavy (non-hydrogen) atoms. The van der Waals surface area contributed by atoms with Gasteiger partial charge >= 0.3 is 0 Å². The Morgan fingerprint density at radius 1 is 0.855 bits per heavy atom. The summed E-state index contributed by atoms with van der Waals surface area (Å²) >= 11 is 0. The van der Waals surface area contributed by atoms with Gasteiger partial charge < -0.3 is 39.5 Å². The molecule has 2 aliphatic rings. The van der Waals surface area contributed by atoms with Gasteiger partial charge in [0, 0.05) is 69.2 Å². The zero-order valence-electron chi connectivity index (χ0n) is 31.0. The lowest BCUT2D eigenvalue weighted by molar-refractivity contribution is -0.146. The molecule has 0 radical (unpaired) electrons. The van der Waals surface area contributed by atoms with E-state index in [9.17, 15) is 19.5 Å². The smallest absolute Gasteiger partial charge is 0.264 e. The number of aromatic amines is 2. The molecule has 5 N–H and O–H groups in total. The molecule has 10 nitrogen and oxygen atoms in total. The van der Waals surface area contributed by atoms with E-state index < -0.39 is 31.6 Å². The lowest BCUT2D eigenvalue weighted by Gasteiger charge is -2.31. The van der Waals surface area contributed by atoms with Gasteiger partial charge in [-0.15, -0.1) is 0 Å². The van der Waals surface area contributed by atoms with Crippen LogP contribution in [0.2, 0.25) is 18.6 Å². The molecule has 4 atom stereocenters. The van der Waals surface area contributed by atoms with Crippen LogP contribution in [0.15, 0.2) is 103 Å². The number of benzene rings is 4. The maximum atomic E-state index is 16.1. The number of carbonyl (C=O) groups excluding carboxylic acids is 3. The van der Waals surface area contributed by atoms with Crippen molar-refractivity contribution in [2.24, 2.45) is 5.92 Å². The molecule has 0 unspecified atom stereocenters. The quantitative estimate of drug-likeness (QED) is 0.0681. The summed E-state index contributed by atoms with van der Waals surface area (Å²) in [5.41, 5.74) is 4.77. The van der Waals surface area contributed by atoms with Crippen LogP contribution in [-0.4, -0.2) is 53.9 Å². The number of aliphatic hydroxyl groups excluding tert-OH is 1. The van der Waals surface area contributed by atoms with Gasteiger partial charge in [-0.25, -0.2) is 0 Å². The average Bonchev–Trinajstić information content (AvgIpc) is 3.89. The van der Waals surface area contributed by atoms with E-state index in [4.69, 9.17) is 4.74 Å². The van der Waals surface area contributed by atoms with Crippen LogP contribution < -0.4 is 15.5 Å². The van der Waals surface area contributed by atoms with Crippen LogP contribution in [0.3, 0.4) is 0 Å². The Balaban J connectivity index is 1.06. The van der Waals surface area contributed by atoms with E-state index >= 15 is 4.11 Å². The van der Waals surface area contributed by atoms with Crippen molar-refractivity contribution < 1.29 is 28.3 Å². The maximum Gasteiger partial charge on any atom is 0.264 e. The molecule has 2 aromatic heterocycles. The van der Waals surface area contributed by atoms with Crippen molar-refractivity contribution in [3.05, 3.63) is 126 Å². The maximum absolute atomic E-state index is 16.1. The number of anilines is 3. The minimum Gasteiger partial charge on any atom is -0.396 e. The number of ether oxygens (including phenoxy) is 1. The number of amides is 3. The molecular formula is C43H44FN5O5Si. The van der Waals surface area contributed by atoms with Crippen LogP contribution in [0.4, 0.5) is 21.2 Å². The highest BCUT2D eigenvalue weighted by atomic mass is 28.4. The largest absolute Gasteiger partial charge is 0.396 e. The number of aliphatic hydroxyl groups is 1. The van der Waals surface area contributed by atoms with Crippen LogP contribution in [0.5, 0.6) is 0 Å². The first-order valence-corrected chi connectivity index (χ1v) is 21.6. The van der Waals surface area contributed by atoms with Crippen LogP contribution in [0, 0.1) is 5.92 Å². The molecule has 282 valence electrons. The summed E-state index contributed by atoms with van der Waals surface area (Å²) in [6.07, 6.45) is 3.60. The van der Waals surface area contributed by atoms with E-state index in [-0.39, 0.29) is 50.1 Å². The van der Waals surface area contributed by atoms with Crippen LogP contribution in [0.25, 0.3) is 21.8 Å². The number of hydrogen-bond donors (Lipinski definition) is 5. The topological polar surface area (TPSA) is 140 Å². The predicted octanol–water partition coefficient (Wildman–Crippen LogP) is 7.72. The van der Waals surface area contributed by atoms with E-state index in [1.54, 1.807) is 30.1 Å². The summed E-state index contributed by atoms with van der Waals surface area (Å²) in [4.78, 5) is 49.3. The molecule has 0 aliphatic carbocycles. The number of para-hydroxylation sites is 2. The Labute approximate surface area is 319 Å². The molecule has 2 aliphatic heterocycles. The summed E-state index contributed by atoms with van der Waals surface area (Å²) < 4.78 is 22.8. The SMILES string of the molecule is C[C@@H]1[C@@H]([Si](C)(C)F)[C@H](CCO)O[C@@]12C(=O)N(Cc1ccc(NC(=O)Cc3c[nH]c4ccccc34)cc1)c1ccc(NC(=O)Cc3c[nH]c4ccccc34)cc12. The molecule has 1 fully saturated rings. The zero-order valence-corrected chi connectivity index (χ0v) is 32.0. The van der Waals surface area contributed by atoms with Gasteiger partial charge in [0.1, 0.15) is 0 Å². The van der Waals surface area contributed by atoms with Gasteiger partial charge in [0.25, 0.3) is 5.91 Å². The standard InChI is InChI=1S/C43H44FN5O5Si/c1-26-41(55(2,3)44)38(18-19-50)54-43(26)34-22-31(48-40(52)21-29-24-46-36-11-7-5-9-33(29)36)16-17-37(34)49(42(43)53)25-27-12-14-30(15-13-27)47-39(51)20-28-23-45-35-10-6-4-8-32(28)35/h4-17,22-24,26,38,41,45-46,50H,18-21,25H2,1-3H3,(H,47,51)(H,48,52)/t26-,38+,41-,43+/m1/s1. The van der Waals surface area contributed by atoms with Crippen molar-refractivity contribution >= 4 is 65.0 Å². The normalized spacial score (nSPS) is 20.8. The van der Waals surface area contributed by atoms with Gasteiger partial charge in [-0.1, -0.05) is 55.5 Å². The van der Waals surface area contributed by atoms with Crippen molar-refractivity contribution in [3.8, 4) is 0 Å². The first kappa shape index (κ1) is 36.4. The highest BCUT2D eigenvalue weighted by molar-refractivity contribution is 6.72. The van der Waals surface area contributed by atoms with Crippen molar-refractivity contribution in [2.75, 3.05) is 22.1 Å². The third-order valence-corrected chi connectivity index (χ3v) is 13.7. The molecule has 0 bridgehead atoms. The fourth-order valence-corrected chi connectivity index (χ4v) is 11.4. The molecule has 1 spiro atoms. The monoisotopic (exact) mass is 757 g/mol. The molecular weight excluding hydrogens is 714 g/mol.